The van der Waals surface area contributed by atoms with E-state index in [-0.39, 0.29) is 6.42 Å². The van der Waals surface area contributed by atoms with Crippen LogP contribution >= 0.6 is 22.7 Å². The number of hydrogen-bond acceptors (Lipinski definition) is 6. The fourth-order valence-electron chi connectivity index (χ4n) is 1.87. The fourth-order valence-corrected chi connectivity index (χ4v) is 3.46. The van der Waals surface area contributed by atoms with Crippen LogP contribution < -0.4 is 0 Å². The van der Waals surface area contributed by atoms with Gasteiger partial charge in [0.15, 0.2) is 5.82 Å². The summed E-state index contributed by atoms with van der Waals surface area (Å²) in [4.78, 5) is 12.5. The van der Waals surface area contributed by atoms with E-state index >= 15 is 0 Å². The largest absolute Gasteiger partial charge is 0.481 e. The van der Waals surface area contributed by atoms with Crippen LogP contribution in [-0.2, 0) is 17.6 Å². The van der Waals surface area contributed by atoms with Crippen LogP contribution in [-0.4, -0.2) is 30.9 Å². The van der Waals surface area contributed by atoms with Gasteiger partial charge < -0.3 is 5.11 Å². The molecule has 20 heavy (non-hydrogen) atoms. The van der Waals surface area contributed by atoms with Gasteiger partial charge in [-0.3, -0.25) is 4.79 Å². The van der Waals surface area contributed by atoms with Gasteiger partial charge in [-0.25, -0.2) is 0 Å². The van der Waals surface area contributed by atoms with Crippen molar-refractivity contribution in [3.05, 3.63) is 33.2 Å². The normalized spacial score (nSPS) is 11.2. The molecule has 0 atom stereocenters. The van der Waals surface area contributed by atoms with Gasteiger partial charge >= 0.3 is 5.97 Å². The number of carboxylic acids is 1. The summed E-state index contributed by atoms with van der Waals surface area (Å²) in [6, 6.07) is 4.07. The number of aliphatic carboxylic acids is 1. The van der Waals surface area contributed by atoms with Crippen LogP contribution in [0.3, 0.4) is 0 Å². The quantitative estimate of drug-likeness (QED) is 0.755. The molecule has 3 rings (SSSR count). The van der Waals surface area contributed by atoms with Gasteiger partial charge in [-0.1, -0.05) is 17.4 Å². The number of aromatic nitrogens is 4. The van der Waals surface area contributed by atoms with E-state index in [2.05, 4.69) is 21.4 Å². The number of fused-ring (bicyclic) bond motifs is 1. The Balaban J connectivity index is 1.74. The van der Waals surface area contributed by atoms with E-state index in [4.69, 9.17) is 5.11 Å². The molecule has 104 valence electrons. The van der Waals surface area contributed by atoms with Crippen LogP contribution in [0.4, 0.5) is 0 Å². The van der Waals surface area contributed by atoms with Crippen LogP contribution in [0.1, 0.15) is 28.6 Å². The zero-order chi connectivity index (χ0) is 13.9. The van der Waals surface area contributed by atoms with Crippen molar-refractivity contribution in [1.82, 2.24) is 19.8 Å². The third kappa shape index (κ3) is 2.86. The van der Waals surface area contributed by atoms with Crippen LogP contribution in [0.5, 0.6) is 0 Å². The minimum absolute atomic E-state index is 0.169. The standard InChI is InChI=1S/C12H12N4O2S2/c17-11(18)5-1-4-10-15-16-9(13-14-12(16)20-10)7-8-3-2-6-19-8/h2-3,6H,1,4-5,7H2,(H,17,18). The van der Waals surface area contributed by atoms with E-state index < -0.39 is 5.97 Å². The lowest BCUT2D eigenvalue weighted by atomic mass is 10.2. The highest BCUT2D eigenvalue weighted by Gasteiger charge is 2.12. The minimum Gasteiger partial charge on any atom is -0.481 e. The van der Waals surface area contributed by atoms with E-state index in [0.29, 0.717) is 12.8 Å². The van der Waals surface area contributed by atoms with Gasteiger partial charge in [0.1, 0.15) is 5.01 Å². The lowest BCUT2D eigenvalue weighted by Crippen LogP contribution is -1.98. The summed E-state index contributed by atoms with van der Waals surface area (Å²) in [5, 5.41) is 24.3. The highest BCUT2D eigenvalue weighted by Crippen LogP contribution is 2.19. The van der Waals surface area contributed by atoms with E-state index in [0.717, 1.165) is 22.2 Å². The average Bonchev–Trinajstić information content (AvgIpc) is 3.08. The Labute approximate surface area is 122 Å². The molecular formula is C12H12N4O2S2. The van der Waals surface area contributed by atoms with Crippen molar-refractivity contribution in [1.29, 1.82) is 0 Å². The fraction of sp³-hybridized carbons (Fsp3) is 0.333. The number of thiophene rings is 1. The zero-order valence-corrected chi connectivity index (χ0v) is 12.2. The van der Waals surface area contributed by atoms with Crippen molar-refractivity contribution in [3.63, 3.8) is 0 Å². The van der Waals surface area contributed by atoms with Gasteiger partial charge in [0, 0.05) is 24.1 Å². The van der Waals surface area contributed by atoms with Gasteiger partial charge in [0.2, 0.25) is 4.96 Å². The maximum Gasteiger partial charge on any atom is 0.303 e. The number of carbonyl (C=O) groups is 1. The predicted molar refractivity (Wildman–Crippen MR) is 76.4 cm³/mol. The molecule has 0 radical (unpaired) electrons. The molecule has 0 amide bonds. The molecule has 0 fully saturated rings. The molecule has 1 N–H and O–H groups in total. The van der Waals surface area contributed by atoms with Crippen molar-refractivity contribution in [2.45, 2.75) is 25.7 Å². The Morgan fingerprint density at radius 2 is 2.30 bits per heavy atom. The first kappa shape index (κ1) is 13.2. The van der Waals surface area contributed by atoms with E-state index in [1.807, 2.05) is 11.4 Å². The van der Waals surface area contributed by atoms with Crippen molar-refractivity contribution in [3.8, 4) is 0 Å². The van der Waals surface area contributed by atoms with Gasteiger partial charge in [0.05, 0.1) is 0 Å². The molecule has 0 aromatic carbocycles. The number of nitrogens with zero attached hydrogens (tertiary/aromatic N) is 4. The molecule has 0 aliphatic rings. The Morgan fingerprint density at radius 1 is 1.40 bits per heavy atom. The Kier molecular flexibility index (Phi) is 3.75. The van der Waals surface area contributed by atoms with E-state index in [9.17, 15) is 4.79 Å². The van der Waals surface area contributed by atoms with Crippen molar-refractivity contribution in [2.24, 2.45) is 0 Å². The monoisotopic (exact) mass is 308 g/mol. The predicted octanol–water partition coefficient (Wildman–Crippen LogP) is 2.25. The molecular weight excluding hydrogens is 296 g/mol. The molecule has 0 aliphatic heterocycles. The zero-order valence-electron chi connectivity index (χ0n) is 10.5. The summed E-state index contributed by atoms with van der Waals surface area (Å²) in [6.45, 7) is 0. The number of rotatable bonds is 6. The van der Waals surface area contributed by atoms with Crippen LogP contribution in [0.2, 0.25) is 0 Å². The summed E-state index contributed by atoms with van der Waals surface area (Å²) in [5.41, 5.74) is 0. The second-order valence-electron chi connectivity index (χ2n) is 4.31. The summed E-state index contributed by atoms with van der Waals surface area (Å²) < 4.78 is 1.76. The van der Waals surface area contributed by atoms with Crippen LogP contribution in [0, 0.1) is 0 Å². The summed E-state index contributed by atoms with van der Waals surface area (Å²) in [6.07, 6.45) is 2.15. The molecule has 6 nitrogen and oxygen atoms in total. The summed E-state index contributed by atoms with van der Waals surface area (Å²) in [5.74, 6) is 0.0505. The molecule has 0 saturated carbocycles. The Bertz CT molecular complexity index is 717. The second kappa shape index (κ2) is 5.68. The smallest absolute Gasteiger partial charge is 0.303 e. The lowest BCUT2D eigenvalue weighted by Gasteiger charge is -1.94. The molecule has 3 aromatic rings. The first-order valence-electron chi connectivity index (χ1n) is 6.16. The SMILES string of the molecule is O=C(O)CCCc1nn2c(Cc3cccs3)nnc2s1. The first-order chi connectivity index (χ1) is 9.72. The number of carboxylic acid groups (broad SMARTS) is 1. The maximum atomic E-state index is 10.5. The van der Waals surface area contributed by atoms with Gasteiger partial charge in [-0.15, -0.1) is 21.5 Å². The molecule has 3 heterocycles. The highest BCUT2D eigenvalue weighted by atomic mass is 32.1. The second-order valence-corrected chi connectivity index (χ2v) is 6.38. The maximum absolute atomic E-state index is 10.5. The summed E-state index contributed by atoms with van der Waals surface area (Å²) >= 11 is 3.15. The topological polar surface area (TPSA) is 80.4 Å². The molecule has 0 aliphatic carbocycles. The van der Waals surface area contributed by atoms with Gasteiger partial charge in [-0.2, -0.15) is 9.61 Å². The van der Waals surface area contributed by atoms with Crippen LogP contribution in [0.15, 0.2) is 17.5 Å². The van der Waals surface area contributed by atoms with Crippen LogP contribution in [0.25, 0.3) is 4.96 Å². The molecule has 3 aromatic heterocycles. The highest BCUT2D eigenvalue weighted by molar-refractivity contribution is 7.16. The third-order valence-electron chi connectivity index (χ3n) is 2.79. The van der Waals surface area contributed by atoms with E-state index in [1.54, 1.807) is 15.9 Å². The van der Waals surface area contributed by atoms with Crippen molar-refractivity contribution < 1.29 is 9.90 Å². The average molecular weight is 308 g/mol. The Morgan fingerprint density at radius 3 is 3.05 bits per heavy atom. The molecule has 0 bridgehead atoms. The van der Waals surface area contributed by atoms with Crippen molar-refractivity contribution in [2.75, 3.05) is 0 Å². The van der Waals surface area contributed by atoms with Crippen molar-refractivity contribution >= 4 is 33.6 Å². The number of aryl methyl sites for hydroxylation is 1. The summed E-state index contributed by atoms with van der Waals surface area (Å²) in [7, 11) is 0. The third-order valence-corrected chi connectivity index (χ3v) is 4.63. The minimum atomic E-state index is -0.772. The van der Waals surface area contributed by atoms with Gasteiger partial charge in [0.25, 0.3) is 0 Å². The molecule has 8 heteroatoms. The number of hydrogen-bond donors (Lipinski definition) is 1. The van der Waals surface area contributed by atoms with E-state index in [1.165, 1.54) is 16.2 Å². The molecule has 0 spiro atoms. The first-order valence-corrected chi connectivity index (χ1v) is 7.86. The lowest BCUT2D eigenvalue weighted by molar-refractivity contribution is -0.137. The van der Waals surface area contributed by atoms with Gasteiger partial charge in [-0.05, 0) is 17.9 Å². The molecule has 0 unspecified atom stereocenters. The molecule has 0 saturated heterocycles. The Hall–Kier alpha value is -1.80.